The molecule has 0 aliphatic heterocycles. The van der Waals surface area contributed by atoms with Crippen molar-refractivity contribution in [2.45, 2.75) is 0 Å². The van der Waals surface area contributed by atoms with Crippen molar-refractivity contribution in [3.05, 3.63) is 0 Å². The van der Waals surface area contributed by atoms with Crippen LogP contribution in [0.2, 0.25) is 0 Å². The Morgan fingerprint density at radius 1 is 1.25 bits per heavy atom. The van der Waals surface area contributed by atoms with E-state index in [2.05, 4.69) is 0 Å². The molecule has 23 valence electrons. The summed E-state index contributed by atoms with van der Waals surface area (Å²) in [7, 11) is 0. The summed E-state index contributed by atoms with van der Waals surface area (Å²) in [4.78, 5) is 0. The van der Waals surface area contributed by atoms with Gasteiger partial charge in [0.25, 0.3) is 0 Å². The van der Waals surface area contributed by atoms with Crippen molar-refractivity contribution in [2.24, 2.45) is 0 Å². The number of hydrogen-bond acceptors (Lipinski definition) is 2. The second kappa shape index (κ2) is 9.04. The first-order valence-electron chi connectivity index (χ1n) is 0.365. The minimum absolute atomic E-state index is 0. The van der Waals surface area contributed by atoms with Gasteiger partial charge in [-0.2, -0.15) is 0 Å². The Balaban J connectivity index is 0. The molecule has 0 aromatic rings. The molecule has 0 spiro atoms. The van der Waals surface area contributed by atoms with E-state index < -0.39 is 21.6 Å². The molecule has 4 heteroatoms. The van der Waals surface area contributed by atoms with Crippen molar-refractivity contribution >= 4 is 21.6 Å². The van der Waals surface area contributed by atoms with E-state index in [-0.39, 0.29) is 17.4 Å². The minimum atomic E-state index is -2.15. The molecule has 0 aliphatic carbocycles. The fourth-order valence-electron chi connectivity index (χ4n) is 0. The van der Waals surface area contributed by atoms with Crippen molar-refractivity contribution in [2.75, 3.05) is 0 Å². The summed E-state index contributed by atoms with van der Waals surface area (Å²) in [5.74, 6) is 0. The van der Waals surface area contributed by atoms with Crippen LogP contribution in [0.4, 0.5) is 0 Å². The predicted octanol–water partition coefficient (Wildman–Crippen LogP) is -0.621. The fourth-order valence-corrected chi connectivity index (χ4v) is 0. The maximum absolute atomic E-state index is 8.52. The Bertz CT molecular complexity index is 27.0. The van der Waals surface area contributed by atoms with E-state index >= 15 is 0 Å². The van der Waals surface area contributed by atoms with Gasteiger partial charge in [-0.15, -0.1) is 0 Å². The molecule has 0 fully saturated rings. The third kappa shape index (κ3) is 12.4. The zero-order valence-electron chi connectivity index (χ0n) is 1.67. The van der Waals surface area contributed by atoms with Crippen LogP contribution in [0.15, 0.2) is 0 Å². The van der Waals surface area contributed by atoms with Crippen LogP contribution >= 0.6 is 0 Å². The normalized spacial score (nSPS) is 2.00. The van der Waals surface area contributed by atoms with Gasteiger partial charge in [-0.05, 0) is 0 Å². The van der Waals surface area contributed by atoms with Crippen molar-refractivity contribution in [3.63, 3.8) is 0 Å². The summed E-state index contributed by atoms with van der Waals surface area (Å²) in [6, 6.07) is 0. The third-order valence-electron chi connectivity index (χ3n) is 0. The fraction of sp³-hybridized carbons (Fsp3) is 0. The molecule has 0 unspecified atom stereocenters. The van der Waals surface area contributed by atoms with Gasteiger partial charge in [0.1, 0.15) is 0 Å². The molecule has 0 amide bonds. The first-order valence-corrected chi connectivity index (χ1v) is 2.45. The van der Waals surface area contributed by atoms with Crippen LogP contribution in [0.5, 0.6) is 0 Å². The molecule has 0 aromatic heterocycles. The second-order valence-corrected chi connectivity index (χ2v) is 0.500. The van der Waals surface area contributed by atoms with Gasteiger partial charge in [0.2, 0.25) is 0 Å². The van der Waals surface area contributed by atoms with E-state index in [1.165, 1.54) is 0 Å². The Hall–Kier alpha value is 0.951. The SMILES string of the molecule is [Cr].[O]=[Sb]=[O]. The molecule has 4 heavy (non-hydrogen) atoms. The first kappa shape index (κ1) is 8.87. The monoisotopic (exact) mass is 205 g/mol. The molecule has 0 atom stereocenters. The summed E-state index contributed by atoms with van der Waals surface area (Å²) < 4.78 is 17.0. The molecule has 0 saturated carbocycles. The van der Waals surface area contributed by atoms with Crippen LogP contribution < -0.4 is 0 Å². The number of hydrogen-bond donors (Lipinski definition) is 0. The van der Waals surface area contributed by atoms with E-state index in [4.69, 9.17) is 6.03 Å². The first-order chi connectivity index (χ1) is 1.41. The summed E-state index contributed by atoms with van der Waals surface area (Å²) in [5.41, 5.74) is 0. The molecule has 0 aliphatic rings. The van der Waals surface area contributed by atoms with Crippen LogP contribution in [0.25, 0.3) is 0 Å². The molecule has 0 bridgehead atoms. The van der Waals surface area contributed by atoms with Gasteiger partial charge in [-0.1, -0.05) is 0 Å². The molecule has 1 radical (unpaired) electrons. The molecule has 0 rings (SSSR count). The van der Waals surface area contributed by atoms with Crippen LogP contribution in [0.3, 0.4) is 0 Å². The Kier molecular flexibility index (Phi) is 20.1. The molecule has 0 N–H and O–H groups in total. The number of rotatable bonds is 0. The Morgan fingerprint density at radius 3 is 1.25 bits per heavy atom. The van der Waals surface area contributed by atoms with E-state index in [1.807, 2.05) is 0 Å². The third-order valence-corrected chi connectivity index (χ3v) is 0. The van der Waals surface area contributed by atoms with Crippen LogP contribution in [0.1, 0.15) is 0 Å². The quantitative estimate of drug-likeness (QED) is 0.494. The van der Waals surface area contributed by atoms with Gasteiger partial charge in [-0.3, -0.25) is 0 Å². The molecule has 0 heterocycles. The predicted molar refractivity (Wildman–Crippen MR) is 7.13 cm³/mol. The van der Waals surface area contributed by atoms with Gasteiger partial charge in [-0.25, -0.2) is 0 Å². The van der Waals surface area contributed by atoms with E-state index in [1.54, 1.807) is 0 Å². The molecular weight excluding hydrogens is 206 g/mol. The summed E-state index contributed by atoms with van der Waals surface area (Å²) in [5, 5.41) is 0. The molecule has 0 aromatic carbocycles. The van der Waals surface area contributed by atoms with Crippen LogP contribution in [-0.2, 0) is 23.4 Å². The van der Waals surface area contributed by atoms with Gasteiger partial charge in [0, 0.05) is 17.4 Å². The van der Waals surface area contributed by atoms with E-state index in [9.17, 15) is 0 Å². The van der Waals surface area contributed by atoms with E-state index in [0.29, 0.717) is 0 Å². The standard InChI is InChI=1S/Cr.2O.Sb. The maximum atomic E-state index is 8.52. The van der Waals surface area contributed by atoms with Crippen molar-refractivity contribution in [1.29, 1.82) is 0 Å². The summed E-state index contributed by atoms with van der Waals surface area (Å²) in [6.07, 6.45) is 0. The van der Waals surface area contributed by atoms with Gasteiger partial charge in [0.15, 0.2) is 0 Å². The van der Waals surface area contributed by atoms with Gasteiger partial charge >= 0.3 is 27.6 Å². The van der Waals surface area contributed by atoms with Crippen molar-refractivity contribution in [1.82, 2.24) is 0 Å². The van der Waals surface area contributed by atoms with Crippen molar-refractivity contribution < 1.29 is 23.4 Å². The second-order valence-electron chi connectivity index (χ2n) is 0.0745. The summed E-state index contributed by atoms with van der Waals surface area (Å²) in [6.45, 7) is 0. The summed E-state index contributed by atoms with van der Waals surface area (Å²) >= 11 is -2.15. The molecule has 0 saturated heterocycles. The average molecular weight is 206 g/mol. The Labute approximate surface area is 45.0 Å². The van der Waals surface area contributed by atoms with Crippen LogP contribution in [0, 0.1) is 0 Å². The Morgan fingerprint density at radius 2 is 1.25 bits per heavy atom. The van der Waals surface area contributed by atoms with Crippen LogP contribution in [-0.4, -0.2) is 21.6 Å². The van der Waals surface area contributed by atoms with Gasteiger partial charge in [0.05, 0.1) is 0 Å². The average Bonchev–Trinajstić information content (AvgIpc) is 0.918. The zero-order chi connectivity index (χ0) is 2.71. The zero-order valence-corrected chi connectivity index (χ0v) is 5.50. The molecular formula is CrO2Sb. The molecule has 2 nitrogen and oxygen atoms in total. The van der Waals surface area contributed by atoms with Gasteiger partial charge < -0.3 is 0 Å². The topological polar surface area (TPSA) is 34.1 Å². The van der Waals surface area contributed by atoms with Crippen molar-refractivity contribution in [3.8, 4) is 0 Å². The van der Waals surface area contributed by atoms with E-state index in [0.717, 1.165) is 0 Å².